The number of hydrogen-bond acceptors (Lipinski definition) is 3. The first-order valence-corrected chi connectivity index (χ1v) is 10.2. The summed E-state index contributed by atoms with van der Waals surface area (Å²) in [6.45, 7) is 4.87. The van der Waals surface area contributed by atoms with E-state index in [-0.39, 0.29) is 23.3 Å². The number of nitrogens with one attached hydrogen (secondary N) is 1. The molecule has 142 valence electrons. The van der Waals surface area contributed by atoms with Crippen molar-refractivity contribution in [2.75, 3.05) is 6.54 Å². The van der Waals surface area contributed by atoms with Gasteiger partial charge in [0, 0.05) is 13.0 Å². The maximum Gasteiger partial charge on any atom is 0.220 e. The smallest absolute Gasteiger partial charge is 0.220 e. The molecule has 0 aliphatic heterocycles. The quantitative estimate of drug-likeness (QED) is 0.777. The van der Waals surface area contributed by atoms with E-state index in [1.54, 1.807) is 6.07 Å². The second-order valence-electron chi connectivity index (χ2n) is 8.94. The van der Waals surface area contributed by atoms with Crippen LogP contribution in [0.2, 0.25) is 0 Å². The van der Waals surface area contributed by atoms with Crippen molar-refractivity contribution in [3.63, 3.8) is 0 Å². The number of benzene rings is 1. The molecule has 0 bridgehead atoms. The minimum Gasteiger partial charge on any atom is -0.508 e. The van der Waals surface area contributed by atoms with E-state index in [1.807, 2.05) is 13.0 Å². The fourth-order valence-electron chi connectivity index (χ4n) is 6.55. The Bertz CT molecular complexity index is 703. The molecule has 0 radical (unpaired) electrons. The highest BCUT2D eigenvalue weighted by molar-refractivity contribution is 5.76. The summed E-state index contributed by atoms with van der Waals surface area (Å²) in [5, 5.41) is 23.6. The van der Waals surface area contributed by atoms with Crippen molar-refractivity contribution in [2.24, 2.45) is 23.2 Å². The second kappa shape index (κ2) is 6.56. The Labute approximate surface area is 156 Å². The number of aliphatic hydroxyl groups is 1. The van der Waals surface area contributed by atoms with Crippen LogP contribution in [-0.4, -0.2) is 28.8 Å². The summed E-state index contributed by atoms with van der Waals surface area (Å²) in [6.07, 6.45) is 5.27. The zero-order valence-electron chi connectivity index (χ0n) is 15.9. The Morgan fingerprint density at radius 3 is 2.88 bits per heavy atom. The summed E-state index contributed by atoms with van der Waals surface area (Å²) < 4.78 is 0. The number of rotatable bonds is 3. The molecule has 1 aromatic rings. The van der Waals surface area contributed by atoms with Crippen LogP contribution in [0.25, 0.3) is 0 Å². The van der Waals surface area contributed by atoms with Crippen LogP contribution in [0.5, 0.6) is 5.75 Å². The fraction of sp³-hybridized carbons (Fsp3) is 0.682. The standard InChI is InChI=1S/C22H31NO3/c1-3-23-20(26)11-14-12-22(2)18(8-9-19(22)25)17-6-4-13-10-15(24)5-7-16(13)21(14)17/h5,7,10,14,17-19,21,24-25H,3-4,6,8-9,11-12H2,1-2H3,(H,23,26)/t14?,17?,18?,19?,21?,22-/m0/s1. The summed E-state index contributed by atoms with van der Waals surface area (Å²) in [4.78, 5) is 12.4. The summed E-state index contributed by atoms with van der Waals surface area (Å²) in [7, 11) is 0. The summed E-state index contributed by atoms with van der Waals surface area (Å²) in [5.41, 5.74) is 2.51. The SMILES string of the molecule is CCNC(=O)CC1C[C@]2(C)C(O)CCC2C2CCc3cc(O)ccc3C12. The molecular formula is C22H31NO3. The lowest BCUT2D eigenvalue weighted by molar-refractivity contribution is -0.124. The van der Waals surface area contributed by atoms with Crippen LogP contribution >= 0.6 is 0 Å². The maximum absolute atomic E-state index is 12.4. The van der Waals surface area contributed by atoms with Crippen LogP contribution in [0, 0.1) is 23.2 Å². The van der Waals surface area contributed by atoms with E-state index in [4.69, 9.17) is 0 Å². The van der Waals surface area contributed by atoms with Crippen molar-refractivity contribution in [2.45, 2.75) is 64.4 Å². The van der Waals surface area contributed by atoms with Crippen molar-refractivity contribution < 1.29 is 15.0 Å². The van der Waals surface area contributed by atoms with E-state index in [0.717, 1.165) is 32.1 Å². The molecule has 3 aliphatic rings. The number of carbonyl (C=O) groups is 1. The summed E-state index contributed by atoms with van der Waals surface area (Å²) in [6, 6.07) is 5.79. The van der Waals surface area contributed by atoms with Gasteiger partial charge in [0.2, 0.25) is 5.91 Å². The molecule has 2 saturated carbocycles. The number of carbonyl (C=O) groups excluding carboxylic acids is 1. The van der Waals surface area contributed by atoms with E-state index in [9.17, 15) is 15.0 Å². The van der Waals surface area contributed by atoms with Gasteiger partial charge in [-0.15, -0.1) is 0 Å². The third-order valence-electron chi connectivity index (χ3n) is 7.60. The Hall–Kier alpha value is -1.55. The zero-order valence-corrected chi connectivity index (χ0v) is 15.9. The lowest BCUT2D eigenvalue weighted by Crippen LogP contribution is -2.48. The number of amides is 1. The molecule has 4 heteroatoms. The first kappa shape index (κ1) is 17.8. The van der Waals surface area contributed by atoms with E-state index >= 15 is 0 Å². The fourth-order valence-corrected chi connectivity index (χ4v) is 6.55. The molecule has 26 heavy (non-hydrogen) atoms. The largest absolute Gasteiger partial charge is 0.508 e. The molecule has 0 aromatic heterocycles. The average molecular weight is 357 g/mol. The van der Waals surface area contributed by atoms with Gasteiger partial charge in [0.1, 0.15) is 5.75 Å². The molecule has 6 atom stereocenters. The molecular weight excluding hydrogens is 326 g/mol. The number of phenols is 1. The Balaban J connectivity index is 1.73. The average Bonchev–Trinajstić information content (AvgIpc) is 2.89. The van der Waals surface area contributed by atoms with Crippen LogP contribution in [0.1, 0.15) is 63.0 Å². The number of aryl methyl sites for hydroxylation is 1. The molecule has 5 unspecified atom stereocenters. The van der Waals surface area contributed by atoms with E-state index in [1.165, 1.54) is 11.1 Å². The van der Waals surface area contributed by atoms with E-state index in [2.05, 4.69) is 18.3 Å². The molecule has 3 N–H and O–H groups in total. The van der Waals surface area contributed by atoms with Gasteiger partial charge in [-0.25, -0.2) is 0 Å². The van der Waals surface area contributed by atoms with Crippen molar-refractivity contribution >= 4 is 5.91 Å². The molecule has 4 rings (SSSR count). The first-order valence-electron chi connectivity index (χ1n) is 10.2. The third-order valence-corrected chi connectivity index (χ3v) is 7.60. The molecule has 1 amide bonds. The van der Waals surface area contributed by atoms with E-state index in [0.29, 0.717) is 36.5 Å². The molecule has 2 fully saturated rings. The number of aliphatic hydroxyl groups excluding tert-OH is 1. The monoisotopic (exact) mass is 357 g/mol. The zero-order chi connectivity index (χ0) is 18.5. The predicted octanol–water partition coefficient (Wildman–Crippen LogP) is 3.36. The molecule has 1 aromatic carbocycles. The predicted molar refractivity (Wildman–Crippen MR) is 101 cm³/mol. The molecule has 0 heterocycles. The lowest BCUT2D eigenvalue weighted by Gasteiger charge is -2.53. The van der Waals surface area contributed by atoms with Gasteiger partial charge in [0.05, 0.1) is 6.10 Å². The Kier molecular flexibility index (Phi) is 4.50. The van der Waals surface area contributed by atoms with Gasteiger partial charge in [0.15, 0.2) is 0 Å². The Morgan fingerprint density at radius 1 is 1.31 bits per heavy atom. The number of phenolic OH excluding ortho intramolecular Hbond substituents is 1. The van der Waals surface area contributed by atoms with Gasteiger partial charge in [-0.2, -0.15) is 0 Å². The van der Waals surface area contributed by atoms with Crippen LogP contribution < -0.4 is 5.32 Å². The van der Waals surface area contributed by atoms with Crippen LogP contribution in [0.4, 0.5) is 0 Å². The van der Waals surface area contributed by atoms with Gasteiger partial charge >= 0.3 is 0 Å². The topological polar surface area (TPSA) is 69.6 Å². The summed E-state index contributed by atoms with van der Waals surface area (Å²) >= 11 is 0. The minimum absolute atomic E-state index is 0.0627. The maximum atomic E-state index is 12.4. The van der Waals surface area contributed by atoms with E-state index < -0.39 is 0 Å². The minimum atomic E-state index is -0.244. The van der Waals surface area contributed by atoms with Crippen molar-refractivity contribution in [3.8, 4) is 5.75 Å². The lowest BCUT2D eigenvalue weighted by atomic mass is 9.51. The second-order valence-corrected chi connectivity index (χ2v) is 8.94. The van der Waals surface area contributed by atoms with Gasteiger partial charge in [-0.05, 0) is 91.4 Å². The highest BCUT2D eigenvalue weighted by atomic mass is 16.3. The van der Waals surface area contributed by atoms with Gasteiger partial charge in [-0.1, -0.05) is 13.0 Å². The van der Waals surface area contributed by atoms with Crippen LogP contribution in [0.3, 0.4) is 0 Å². The number of aromatic hydroxyl groups is 1. The number of fused-ring (bicyclic) bond motifs is 5. The van der Waals surface area contributed by atoms with Crippen molar-refractivity contribution in [3.05, 3.63) is 29.3 Å². The molecule has 0 spiro atoms. The van der Waals surface area contributed by atoms with Gasteiger partial charge in [-0.3, -0.25) is 4.79 Å². The van der Waals surface area contributed by atoms with Gasteiger partial charge < -0.3 is 15.5 Å². The highest BCUT2D eigenvalue weighted by Gasteiger charge is 2.57. The van der Waals surface area contributed by atoms with Crippen molar-refractivity contribution in [1.82, 2.24) is 5.32 Å². The van der Waals surface area contributed by atoms with Crippen molar-refractivity contribution in [1.29, 1.82) is 0 Å². The molecule has 3 aliphatic carbocycles. The highest BCUT2D eigenvalue weighted by Crippen LogP contribution is 2.63. The summed E-state index contributed by atoms with van der Waals surface area (Å²) in [5.74, 6) is 2.14. The first-order chi connectivity index (χ1) is 12.4. The van der Waals surface area contributed by atoms with Crippen LogP contribution in [-0.2, 0) is 11.2 Å². The molecule has 0 saturated heterocycles. The number of hydrogen-bond donors (Lipinski definition) is 3. The third kappa shape index (κ3) is 2.74. The normalized spacial score (nSPS) is 38.2. The van der Waals surface area contributed by atoms with Crippen LogP contribution in [0.15, 0.2) is 18.2 Å². The molecule has 4 nitrogen and oxygen atoms in total. The van der Waals surface area contributed by atoms with Gasteiger partial charge in [0.25, 0.3) is 0 Å². The Morgan fingerprint density at radius 2 is 2.12 bits per heavy atom.